The van der Waals surface area contributed by atoms with E-state index in [1.165, 1.54) is 16.7 Å². The molecule has 0 aliphatic heterocycles. The smallest absolute Gasteiger partial charge is 0.0111 e. The highest BCUT2D eigenvalue weighted by molar-refractivity contribution is 5.91. The van der Waals surface area contributed by atoms with Gasteiger partial charge in [0, 0.05) is 0 Å². The van der Waals surface area contributed by atoms with Crippen LogP contribution in [-0.4, -0.2) is 0 Å². The van der Waals surface area contributed by atoms with E-state index in [1.54, 1.807) is 0 Å². The molecule has 0 radical (unpaired) electrons. The summed E-state index contributed by atoms with van der Waals surface area (Å²) in [6.07, 6.45) is 14.4. The number of hydrogen-bond donors (Lipinski definition) is 0. The molecule has 0 unspecified atom stereocenters. The van der Waals surface area contributed by atoms with Crippen molar-refractivity contribution < 1.29 is 0 Å². The Morgan fingerprint density at radius 3 is 2.29 bits per heavy atom. The number of allylic oxidation sites excluding steroid dienone is 8. The van der Waals surface area contributed by atoms with Gasteiger partial charge < -0.3 is 0 Å². The van der Waals surface area contributed by atoms with Crippen LogP contribution in [0, 0.1) is 0 Å². The normalized spacial score (nSPS) is 14.1. The summed E-state index contributed by atoms with van der Waals surface area (Å²) >= 11 is 0. The molecule has 0 bridgehead atoms. The van der Waals surface area contributed by atoms with Gasteiger partial charge in [0.2, 0.25) is 0 Å². The van der Waals surface area contributed by atoms with Gasteiger partial charge in [-0.1, -0.05) is 95.0 Å². The van der Waals surface area contributed by atoms with Crippen LogP contribution in [0.25, 0.3) is 11.6 Å². The first-order valence-corrected chi connectivity index (χ1v) is 7.79. The van der Waals surface area contributed by atoms with Gasteiger partial charge in [-0.3, -0.25) is 0 Å². The highest BCUT2D eigenvalue weighted by Gasteiger charge is 2.08. The third-order valence-electron chi connectivity index (χ3n) is 2.75. The lowest BCUT2D eigenvalue weighted by atomic mass is 10.0. The van der Waals surface area contributed by atoms with Crippen LogP contribution in [0.2, 0.25) is 0 Å². The Hall–Kier alpha value is -2.08. The van der Waals surface area contributed by atoms with Crippen LogP contribution < -0.4 is 0 Å². The van der Waals surface area contributed by atoms with E-state index in [0.717, 1.165) is 5.57 Å². The molecule has 1 aliphatic rings. The van der Waals surface area contributed by atoms with Crippen molar-refractivity contribution in [1.29, 1.82) is 0 Å². The third-order valence-corrected chi connectivity index (χ3v) is 2.75. The summed E-state index contributed by atoms with van der Waals surface area (Å²) in [7, 11) is 0. The van der Waals surface area contributed by atoms with Crippen molar-refractivity contribution in [2.75, 3.05) is 0 Å². The molecule has 0 saturated heterocycles. The fraction of sp³-hybridized carbons (Fsp3) is 0.238. The van der Waals surface area contributed by atoms with E-state index in [9.17, 15) is 0 Å². The molecule has 0 N–H and O–H groups in total. The second-order valence-corrected chi connectivity index (χ2v) is 3.92. The Morgan fingerprint density at radius 2 is 1.67 bits per heavy atom. The van der Waals surface area contributed by atoms with E-state index >= 15 is 0 Å². The summed E-state index contributed by atoms with van der Waals surface area (Å²) in [4.78, 5) is 0. The molecule has 21 heavy (non-hydrogen) atoms. The van der Waals surface area contributed by atoms with Crippen LogP contribution in [0.15, 0.2) is 72.9 Å². The Kier molecular flexibility index (Phi) is 10.6. The minimum atomic E-state index is 1.12. The van der Waals surface area contributed by atoms with Crippen LogP contribution in [-0.2, 0) is 0 Å². The molecule has 0 aromatic heterocycles. The summed E-state index contributed by atoms with van der Waals surface area (Å²) in [6.45, 7) is 13.9. The van der Waals surface area contributed by atoms with Gasteiger partial charge in [0.05, 0.1) is 0 Å². The van der Waals surface area contributed by atoms with Crippen molar-refractivity contribution in [3.8, 4) is 0 Å². The number of benzene rings is 1. The fourth-order valence-corrected chi connectivity index (χ4v) is 1.86. The maximum Gasteiger partial charge on any atom is -0.0111 e. The minimum Gasteiger partial charge on any atom is -0.0985 e. The molecule has 1 aromatic carbocycles. The predicted molar refractivity (Wildman–Crippen MR) is 99.2 cm³/mol. The molecular weight excluding hydrogens is 252 g/mol. The molecule has 0 saturated carbocycles. The molecule has 2 rings (SSSR count). The summed E-state index contributed by atoms with van der Waals surface area (Å²) in [5.74, 6) is 0. The zero-order valence-corrected chi connectivity index (χ0v) is 14.1. The number of rotatable bonds is 3. The summed E-state index contributed by atoms with van der Waals surface area (Å²) in [5, 5.41) is 0. The second-order valence-electron chi connectivity index (χ2n) is 3.92. The summed E-state index contributed by atoms with van der Waals surface area (Å²) in [6, 6.07) is 8.42. The topological polar surface area (TPSA) is 0 Å². The summed E-state index contributed by atoms with van der Waals surface area (Å²) < 4.78 is 0. The summed E-state index contributed by atoms with van der Waals surface area (Å²) in [5.41, 5.74) is 4.95. The predicted octanol–water partition coefficient (Wildman–Crippen LogP) is 6.84. The van der Waals surface area contributed by atoms with Crippen LogP contribution in [0.5, 0.6) is 0 Å². The molecule has 0 amide bonds. The largest absolute Gasteiger partial charge is 0.0985 e. The van der Waals surface area contributed by atoms with Crippen LogP contribution in [0.1, 0.15) is 45.7 Å². The van der Waals surface area contributed by atoms with E-state index in [2.05, 4.69) is 55.1 Å². The molecule has 1 aliphatic carbocycles. The Bertz CT molecular complexity index is 537. The van der Waals surface area contributed by atoms with E-state index in [-0.39, 0.29) is 0 Å². The van der Waals surface area contributed by atoms with E-state index in [1.807, 2.05) is 52.8 Å². The Morgan fingerprint density at radius 1 is 1.00 bits per heavy atom. The first-order valence-electron chi connectivity index (χ1n) is 7.79. The van der Waals surface area contributed by atoms with Crippen molar-refractivity contribution in [3.05, 3.63) is 84.0 Å². The van der Waals surface area contributed by atoms with Crippen molar-refractivity contribution in [1.82, 2.24) is 0 Å². The van der Waals surface area contributed by atoms with Gasteiger partial charge in [-0.15, -0.1) is 0 Å². The molecule has 0 heterocycles. The van der Waals surface area contributed by atoms with Gasteiger partial charge in [-0.25, -0.2) is 0 Å². The van der Waals surface area contributed by atoms with Gasteiger partial charge in [-0.05, 0) is 35.3 Å². The lowest BCUT2D eigenvalue weighted by Gasteiger charge is -2.01. The van der Waals surface area contributed by atoms with Gasteiger partial charge in [0.15, 0.2) is 0 Å². The highest BCUT2D eigenvalue weighted by Crippen LogP contribution is 2.29. The van der Waals surface area contributed by atoms with E-state index < -0.39 is 0 Å². The lowest BCUT2D eigenvalue weighted by Crippen LogP contribution is -1.80. The average molecular weight is 280 g/mol. The first-order chi connectivity index (χ1) is 10.3. The van der Waals surface area contributed by atoms with Crippen LogP contribution >= 0.6 is 0 Å². The van der Waals surface area contributed by atoms with Gasteiger partial charge in [0.25, 0.3) is 0 Å². The van der Waals surface area contributed by atoms with E-state index in [0.29, 0.717) is 0 Å². The fourth-order valence-electron chi connectivity index (χ4n) is 1.86. The quantitative estimate of drug-likeness (QED) is 0.532. The highest BCUT2D eigenvalue weighted by atomic mass is 14.1. The molecule has 0 atom stereocenters. The van der Waals surface area contributed by atoms with Crippen LogP contribution in [0.3, 0.4) is 0 Å². The molecular formula is C21H28. The molecule has 0 nitrogen and oxygen atoms in total. The standard InChI is InChI=1S/C17H16.2C2H6/c1-3-5-8-14(4-2)13-16-12-11-15-9-6-7-10-17(15)16;2*1-2/h3-13H,2H2,1H3;2*1-2H3/b5-3-,14-8+,16-13-;;. The lowest BCUT2D eigenvalue weighted by molar-refractivity contribution is 1.50. The monoisotopic (exact) mass is 280 g/mol. The molecule has 0 heteroatoms. The zero-order valence-electron chi connectivity index (χ0n) is 14.1. The van der Waals surface area contributed by atoms with Crippen molar-refractivity contribution in [2.24, 2.45) is 0 Å². The zero-order chi connectivity index (χ0) is 16.1. The maximum atomic E-state index is 3.84. The SMILES string of the molecule is C=CC(/C=C1/C=Cc2ccccc21)=C\C=C/C.CC.CC. The first kappa shape index (κ1) is 18.9. The number of hydrogen-bond acceptors (Lipinski definition) is 0. The molecule has 1 aromatic rings. The van der Waals surface area contributed by atoms with Gasteiger partial charge in [-0.2, -0.15) is 0 Å². The molecule has 0 fully saturated rings. The van der Waals surface area contributed by atoms with Gasteiger partial charge >= 0.3 is 0 Å². The molecule has 112 valence electrons. The Balaban J connectivity index is 0.000000921. The van der Waals surface area contributed by atoms with Gasteiger partial charge in [0.1, 0.15) is 0 Å². The second kappa shape index (κ2) is 11.7. The minimum absolute atomic E-state index is 1.12. The number of fused-ring (bicyclic) bond motifs is 1. The van der Waals surface area contributed by atoms with Crippen molar-refractivity contribution in [3.63, 3.8) is 0 Å². The van der Waals surface area contributed by atoms with Crippen LogP contribution in [0.4, 0.5) is 0 Å². The van der Waals surface area contributed by atoms with E-state index in [4.69, 9.17) is 0 Å². The van der Waals surface area contributed by atoms with Crippen molar-refractivity contribution in [2.45, 2.75) is 34.6 Å². The maximum absolute atomic E-state index is 3.84. The third kappa shape index (κ3) is 5.83. The molecule has 0 spiro atoms. The average Bonchev–Trinajstić information content (AvgIpc) is 2.98. The Labute approximate surface area is 130 Å². The van der Waals surface area contributed by atoms with Crippen molar-refractivity contribution >= 4 is 11.6 Å².